The molecule has 1 atom stereocenters. The Morgan fingerprint density at radius 1 is 1.29 bits per heavy atom. The van der Waals surface area contributed by atoms with Crippen LogP contribution in [0.3, 0.4) is 0 Å². The Morgan fingerprint density at radius 2 is 2.00 bits per heavy atom. The largest absolute Gasteiger partial charge is 0.480 e. The van der Waals surface area contributed by atoms with Crippen LogP contribution in [0.15, 0.2) is 23.5 Å². The fourth-order valence-corrected chi connectivity index (χ4v) is 2.18. The maximum Gasteiger partial charge on any atom is 0.341 e. The smallest absolute Gasteiger partial charge is 0.341 e. The first-order chi connectivity index (χ1) is 11.4. The van der Waals surface area contributed by atoms with Gasteiger partial charge in [-0.15, -0.1) is 4.91 Å². The molecule has 0 spiro atoms. The van der Waals surface area contributed by atoms with Crippen LogP contribution in [0.1, 0.15) is 46.0 Å². The van der Waals surface area contributed by atoms with Crippen LogP contribution in [0.5, 0.6) is 5.75 Å². The predicted octanol–water partition coefficient (Wildman–Crippen LogP) is 5.50. The SMILES string of the molecule is CCCCCCC(C)ON=O.O=C(O)COc1ccc(Cl)cc1Cl. The monoisotopic (exact) mass is 379 g/mol. The van der Waals surface area contributed by atoms with Gasteiger partial charge < -0.3 is 14.7 Å². The second-order valence-electron chi connectivity index (χ2n) is 5.10. The van der Waals surface area contributed by atoms with Gasteiger partial charge in [0, 0.05) is 5.02 Å². The molecular weight excluding hydrogens is 357 g/mol. The van der Waals surface area contributed by atoms with Gasteiger partial charge in [0.2, 0.25) is 0 Å². The molecule has 1 aromatic rings. The zero-order valence-corrected chi connectivity index (χ0v) is 15.3. The maximum atomic E-state index is 10.2. The van der Waals surface area contributed by atoms with Gasteiger partial charge in [0.25, 0.3) is 0 Å². The predicted molar refractivity (Wildman–Crippen MR) is 94.7 cm³/mol. The quantitative estimate of drug-likeness (QED) is 0.329. The van der Waals surface area contributed by atoms with Crippen molar-refractivity contribution in [2.24, 2.45) is 5.34 Å². The van der Waals surface area contributed by atoms with E-state index in [4.69, 9.17) is 33.0 Å². The van der Waals surface area contributed by atoms with Crippen molar-refractivity contribution in [1.29, 1.82) is 0 Å². The van der Waals surface area contributed by atoms with Crippen molar-refractivity contribution in [3.63, 3.8) is 0 Å². The van der Waals surface area contributed by atoms with Gasteiger partial charge in [-0.05, 0) is 38.0 Å². The van der Waals surface area contributed by atoms with E-state index in [2.05, 4.69) is 17.1 Å². The van der Waals surface area contributed by atoms with Gasteiger partial charge in [0.15, 0.2) is 11.9 Å². The van der Waals surface area contributed by atoms with Crippen LogP contribution >= 0.6 is 23.2 Å². The van der Waals surface area contributed by atoms with Crippen molar-refractivity contribution in [1.82, 2.24) is 0 Å². The Labute approximate surface area is 152 Å². The minimum Gasteiger partial charge on any atom is -0.480 e. The molecule has 0 heterocycles. The van der Waals surface area contributed by atoms with E-state index in [-0.39, 0.29) is 6.10 Å². The Bertz CT molecular complexity index is 499. The lowest BCUT2D eigenvalue weighted by atomic mass is 10.1. The molecular formula is C16H23Cl2NO5. The third-order valence-electron chi connectivity index (χ3n) is 2.93. The van der Waals surface area contributed by atoms with Crippen LogP contribution in [-0.2, 0) is 9.63 Å². The zero-order valence-electron chi connectivity index (χ0n) is 13.8. The molecule has 0 bridgehead atoms. The summed E-state index contributed by atoms with van der Waals surface area (Å²) in [6, 6.07) is 4.58. The minimum absolute atomic E-state index is 0.00986. The summed E-state index contributed by atoms with van der Waals surface area (Å²) in [4.78, 5) is 24.3. The number of hydrogen-bond donors (Lipinski definition) is 1. The van der Waals surface area contributed by atoms with E-state index in [1.807, 2.05) is 6.92 Å². The number of hydrogen-bond acceptors (Lipinski definition) is 5. The molecule has 0 radical (unpaired) electrons. The third-order valence-corrected chi connectivity index (χ3v) is 3.46. The Balaban J connectivity index is 0.000000449. The molecule has 1 unspecified atom stereocenters. The molecule has 0 aliphatic carbocycles. The summed E-state index contributed by atoms with van der Waals surface area (Å²) < 4.78 is 4.86. The van der Waals surface area contributed by atoms with Crippen LogP contribution in [0.4, 0.5) is 0 Å². The molecule has 0 saturated carbocycles. The number of carboxylic acid groups (broad SMARTS) is 1. The molecule has 24 heavy (non-hydrogen) atoms. The van der Waals surface area contributed by atoms with Crippen LogP contribution < -0.4 is 4.74 Å². The number of aliphatic carboxylic acids is 1. The van der Waals surface area contributed by atoms with Crippen molar-refractivity contribution in [3.05, 3.63) is 33.2 Å². The number of carbonyl (C=O) groups is 1. The topological polar surface area (TPSA) is 85.2 Å². The number of unbranched alkanes of at least 4 members (excludes halogenated alkanes) is 3. The van der Waals surface area contributed by atoms with Crippen molar-refractivity contribution in [3.8, 4) is 5.75 Å². The number of carboxylic acids is 1. The van der Waals surface area contributed by atoms with Crippen LogP contribution in [-0.4, -0.2) is 23.8 Å². The first-order valence-electron chi connectivity index (χ1n) is 7.68. The van der Waals surface area contributed by atoms with Crippen molar-refractivity contribution >= 4 is 29.2 Å². The number of benzene rings is 1. The van der Waals surface area contributed by atoms with Crippen LogP contribution in [0.2, 0.25) is 10.0 Å². The summed E-state index contributed by atoms with van der Waals surface area (Å²) in [6.07, 6.45) is 5.78. The lowest BCUT2D eigenvalue weighted by Gasteiger charge is -2.05. The average molecular weight is 380 g/mol. The maximum absolute atomic E-state index is 10.2. The summed E-state index contributed by atoms with van der Waals surface area (Å²) in [5, 5.41) is 11.5. The van der Waals surface area contributed by atoms with Crippen molar-refractivity contribution < 1.29 is 19.5 Å². The summed E-state index contributed by atoms with van der Waals surface area (Å²) in [7, 11) is 0. The molecule has 1 N–H and O–H groups in total. The van der Waals surface area contributed by atoms with Crippen LogP contribution in [0, 0.1) is 4.91 Å². The highest BCUT2D eigenvalue weighted by molar-refractivity contribution is 6.35. The highest BCUT2D eigenvalue weighted by atomic mass is 35.5. The molecule has 1 rings (SSSR count). The fraction of sp³-hybridized carbons (Fsp3) is 0.562. The van der Waals surface area contributed by atoms with E-state index in [9.17, 15) is 9.70 Å². The van der Waals surface area contributed by atoms with Gasteiger partial charge in [-0.25, -0.2) is 4.79 Å². The van der Waals surface area contributed by atoms with Gasteiger partial charge in [-0.2, -0.15) is 0 Å². The number of halogens is 2. The lowest BCUT2D eigenvalue weighted by molar-refractivity contribution is -0.139. The third kappa shape index (κ3) is 12.0. The molecule has 0 aliphatic rings. The van der Waals surface area contributed by atoms with Gasteiger partial charge in [0.1, 0.15) is 11.9 Å². The Kier molecular flexibility index (Phi) is 13.0. The lowest BCUT2D eigenvalue weighted by Crippen LogP contribution is -2.09. The average Bonchev–Trinajstić information content (AvgIpc) is 2.51. The molecule has 0 aromatic heterocycles. The molecule has 6 nitrogen and oxygen atoms in total. The first kappa shape index (κ1) is 22.5. The zero-order chi connectivity index (χ0) is 18.4. The van der Waals surface area contributed by atoms with E-state index in [1.54, 1.807) is 6.07 Å². The van der Waals surface area contributed by atoms with E-state index in [0.29, 0.717) is 15.8 Å². The normalized spacial score (nSPS) is 11.0. The summed E-state index contributed by atoms with van der Waals surface area (Å²) >= 11 is 11.3. The van der Waals surface area contributed by atoms with E-state index in [1.165, 1.54) is 31.4 Å². The summed E-state index contributed by atoms with van der Waals surface area (Å²) in [6.45, 7) is 3.63. The molecule has 0 amide bonds. The molecule has 8 heteroatoms. The van der Waals surface area contributed by atoms with Gasteiger partial charge in [-0.1, -0.05) is 49.4 Å². The van der Waals surface area contributed by atoms with Gasteiger partial charge in [-0.3, -0.25) is 0 Å². The second-order valence-corrected chi connectivity index (χ2v) is 5.94. The second kappa shape index (κ2) is 13.9. The van der Waals surface area contributed by atoms with E-state index < -0.39 is 12.6 Å². The molecule has 0 saturated heterocycles. The summed E-state index contributed by atoms with van der Waals surface area (Å²) in [5.41, 5.74) is 0. The van der Waals surface area contributed by atoms with Gasteiger partial charge >= 0.3 is 5.97 Å². The molecule has 1 aromatic carbocycles. The number of rotatable bonds is 10. The number of ether oxygens (including phenoxy) is 1. The van der Waals surface area contributed by atoms with Gasteiger partial charge in [0.05, 0.1) is 5.02 Å². The fourth-order valence-electron chi connectivity index (χ4n) is 1.72. The van der Waals surface area contributed by atoms with Crippen molar-refractivity contribution in [2.75, 3.05) is 6.61 Å². The highest BCUT2D eigenvalue weighted by Crippen LogP contribution is 2.27. The standard InChI is InChI=1S/C8H6Cl2O3.C8H17NO2/c9-5-1-2-7(6(10)3-5)13-4-8(11)12;1-3-4-5-6-7-8(2)11-9-10/h1-3H,4H2,(H,11,12);8H,3-7H2,1-2H3. The molecule has 0 aliphatic heterocycles. The van der Waals surface area contributed by atoms with E-state index >= 15 is 0 Å². The molecule has 136 valence electrons. The first-order valence-corrected chi connectivity index (χ1v) is 8.44. The minimum atomic E-state index is -1.05. The highest BCUT2D eigenvalue weighted by Gasteiger charge is 2.04. The Hall–Kier alpha value is -1.53. The summed E-state index contributed by atoms with van der Waals surface area (Å²) in [5.74, 6) is -0.737. The molecule has 0 fully saturated rings. The van der Waals surface area contributed by atoms with E-state index in [0.717, 1.165) is 12.8 Å². The van der Waals surface area contributed by atoms with Crippen molar-refractivity contribution in [2.45, 2.75) is 52.1 Å². The van der Waals surface area contributed by atoms with Crippen LogP contribution in [0.25, 0.3) is 0 Å². The number of nitrogens with zero attached hydrogens (tertiary/aromatic N) is 1. The Morgan fingerprint density at radius 3 is 2.54 bits per heavy atom.